The van der Waals surface area contributed by atoms with Crippen molar-refractivity contribution in [3.63, 3.8) is 0 Å². The van der Waals surface area contributed by atoms with Crippen molar-refractivity contribution < 1.29 is 13.2 Å². The standard InChI is InChI=1S/C12H20N2O3S2/c1-10(2)9-14(19(3,16)17)7-6-13-12(15)11-5-4-8-18-11/h4-5,8,10H,6-7,9H2,1-3H3,(H,13,15). The zero-order valence-electron chi connectivity index (χ0n) is 11.4. The highest BCUT2D eigenvalue weighted by atomic mass is 32.2. The molecule has 0 aliphatic heterocycles. The molecule has 0 atom stereocenters. The van der Waals surface area contributed by atoms with Crippen molar-refractivity contribution in [2.45, 2.75) is 13.8 Å². The fourth-order valence-electron chi connectivity index (χ4n) is 1.59. The number of sulfonamides is 1. The molecule has 0 spiro atoms. The molecule has 0 bridgehead atoms. The highest BCUT2D eigenvalue weighted by Gasteiger charge is 2.17. The van der Waals surface area contributed by atoms with Gasteiger partial charge in [-0.15, -0.1) is 11.3 Å². The summed E-state index contributed by atoms with van der Waals surface area (Å²) in [5, 5.41) is 4.56. The fourth-order valence-corrected chi connectivity index (χ4v) is 3.22. The molecule has 0 fully saturated rings. The van der Waals surface area contributed by atoms with Crippen LogP contribution < -0.4 is 5.32 Å². The van der Waals surface area contributed by atoms with Gasteiger partial charge in [-0.05, 0) is 17.4 Å². The molecule has 0 saturated carbocycles. The van der Waals surface area contributed by atoms with Gasteiger partial charge in [-0.2, -0.15) is 0 Å². The van der Waals surface area contributed by atoms with Crippen molar-refractivity contribution in [2.24, 2.45) is 5.92 Å². The Kier molecular flexibility index (Phi) is 5.96. The van der Waals surface area contributed by atoms with Crippen LogP contribution >= 0.6 is 11.3 Å². The lowest BCUT2D eigenvalue weighted by atomic mass is 10.2. The molecule has 0 aromatic carbocycles. The molecule has 7 heteroatoms. The lowest BCUT2D eigenvalue weighted by molar-refractivity contribution is 0.0955. The highest BCUT2D eigenvalue weighted by molar-refractivity contribution is 7.88. The van der Waals surface area contributed by atoms with Crippen LogP contribution in [0.15, 0.2) is 17.5 Å². The van der Waals surface area contributed by atoms with E-state index in [1.165, 1.54) is 21.9 Å². The lowest BCUT2D eigenvalue weighted by Crippen LogP contribution is -2.39. The molecule has 108 valence electrons. The maximum atomic E-state index is 11.7. The first kappa shape index (κ1) is 16.1. The second-order valence-corrected chi connectivity index (χ2v) is 7.68. The van der Waals surface area contributed by atoms with Crippen molar-refractivity contribution in [1.82, 2.24) is 9.62 Å². The third kappa shape index (κ3) is 5.71. The topological polar surface area (TPSA) is 66.5 Å². The summed E-state index contributed by atoms with van der Waals surface area (Å²) in [4.78, 5) is 12.3. The SMILES string of the molecule is CC(C)CN(CCNC(=O)c1cccs1)S(C)(=O)=O. The minimum atomic E-state index is -3.23. The first-order chi connectivity index (χ1) is 8.80. The number of hydrogen-bond acceptors (Lipinski definition) is 4. The van der Waals surface area contributed by atoms with Crippen molar-refractivity contribution in [2.75, 3.05) is 25.9 Å². The van der Waals surface area contributed by atoms with Gasteiger partial charge in [0.05, 0.1) is 11.1 Å². The summed E-state index contributed by atoms with van der Waals surface area (Å²) in [5.74, 6) is 0.0933. The molecule has 1 N–H and O–H groups in total. The predicted octanol–water partition coefficient (Wildman–Crippen LogP) is 1.40. The van der Waals surface area contributed by atoms with E-state index >= 15 is 0 Å². The maximum absolute atomic E-state index is 11.7. The summed E-state index contributed by atoms with van der Waals surface area (Å²) in [6.07, 6.45) is 1.19. The minimum Gasteiger partial charge on any atom is -0.350 e. The molecule has 5 nitrogen and oxygen atoms in total. The molecule has 0 aliphatic rings. The smallest absolute Gasteiger partial charge is 0.261 e. The van der Waals surface area contributed by atoms with Gasteiger partial charge in [-0.1, -0.05) is 19.9 Å². The number of nitrogens with one attached hydrogen (secondary N) is 1. The van der Waals surface area contributed by atoms with Gasteiger partial charge >= 0.3 is 0 Å². The normalized spacial score (nSPS) is 12.1. The molecule has 1 rings (SSSR count). The van der Waals surface area contributed by atoms with Crippen molar-refractivity contribution in [3.05, 3.63) is 22.4 Å². The van der Waals surface area contributed by atoms with Gasteiger partial charge in [0.25, 0.3) is 5.91 Å². The molecule has 1 amide bonds. The Labute approximate surface area is 118 Å². The zero-order chi connectivity index (χ0) is 14.5. The summed E-state index contributed by atoms with van der Waals surface area (Å²) in [6.45, 7) is 5.00. The number of carbonyl (C=O) groups excluding carboxylic acids is 1. The van der Waals surface area contributed by atoms with E-state index in [2.05, 4.69) is 5.32 Å². The molecular formula is C12H20N2O3S2. The lowest BCUT2D eigenvalue weighted by Gasteiger charge is -2.21. The van der Waals surface area contributed by atoms with Gasteiger partial charge < -0.3 is 5.32 Å². The monoisotopic (exact) mass is 304 g/mol. The Morgan fingerprint density at radius 2 is 2.16 bits per heavy atom. The van der Waals surface area contributed by atoms with E-state index < -0.39 is 10.0 Å². The van der Waals surface area contributed by atoms with Crippen LogP contribution in [0.1, 0.15) is 23.5 Å². The fraction of sp³-hybridized carbons (Fsp3) is 0.583. The minimum absolute atomic E-state index is 0.159. The van der Waals surface area contributed by atoms with Crippen LogP contribution in [0.3, 0.4) is 0 Å². The maximum Gasteiger partial charge on any atom is 0.261 e. The first-order valence-corrected chi connectivity index (χ1v) is 8.80. The van der Waals surface area contributed by atoms with E-state index in [0.29, 0.717) is 24.5 Å². The van der Waals surface area contributed by atoms with Crippen LogP contribution in [0.2, 0.25) is 0 Å². The number of carbonyl (C=O) groups is 1. The van der Waals surface area contributed by atoms with Crippen molar-refractivity contribution in [1.29, 1.82) is 0 Å². The van der Waals surface area contributed by atoms with Crippen molar-refractivity contribution >= 4 is 27.3 Å². The Morgan fingerprint density at radius 3 is 2.63 bits per heavy atom. The third-order valence-corrected chi connectivity index (χ3v) is 4.57. The summed E-state index contributed by atoms with van der Waals surface area (Å²) >= 11 is 1.36. The number of hydrogen-bond donors (Lipinski definition) is 1. The summed E-state index contributed by atoms with van der Waals surface area (Å²) < 4.78 is 24.6. The van der Waals surface area contributed by atoms with Crippen LogP contribution in [-0.2, 0) is 10.0 Å². The largest absolute Gasteiger partial charge is 0.350 e. The quantitative estimate of drug-likeness (QED) is 0.828. The van der Waals surface area contributed by atoms with E-state index in [4.69, 9.17) is 0 Å². The molecular weight excluding hydrogens is 284 g/mol. The summed E-state index contributed by atoms with van der Waals surface area (Å²) in [5.41, 5.74) is 0. The number of thiophene rings is 1. The molecule has 1 aromatic rings. The molecule has 0 radical (unpaired) electrons. The average molecular weight is 304 g/mol. The van der Waals surface area contributed by atoms with Gasteiger partial charge in [0.1, 0.15) is 0 Å². The van der Waals surface area contributed by atoms with Crippen LogP contribution in [-0.4, -0.2) is 44.5 Å². The Balaban J connectivity index is 2.47. The van der Waals surface area contributed by atoms with Crippen LogP contribution in [0.4, 0.5) is 0 Å². The number of amides is 1. The number of nitrogens with zero attached hydrogens (tertiary/aromatic N) is 1. The second kappa shape index (κ2) is 7.02. The van der Waals surface area contributed by atoms with E-state index in [0.717, 1.165) is 0 Å². The van der Waals surface area contributed by atoms with E-state index in [1.807, 2.05) is 19.2 Å². The molecule has 0 aliphatic carbocycles. The third-order valence-electron chi connectivity index (χ3n) is 2.43. The van der Waals surface area contributed by atoms with Gasteiger partial charge in [0.2, 0.25) is 10.0 Å². The van der Waals surface area contributed by atoms with Crippen LogP contribution in [0, 0.1) is 5.92 Å². The average Bonchev–Trinajstić information content (AvgIpc) is 2.79. The van der Waals surface area contributed by atoms with Crippen LogP contribution in [0.25, 0.3) is 0 Å². The number of rotatable bonds is 7. The Hall–Kier alpha value is -0.920. The predicted molar refractivity (Wildman–Crippen MR) is 77.9 cm³/mol. The van der Waals surface area contributed by atoms with Gasteiger partial charge in [0.15, 0.2) is 0 Å². The molecule has 19 heavy (non-hydrogen) atoms. The van der Waals surface area contributed by atoms with Crippen LogP contribution in [0.5, 0.6) is 0 Å². The van der Waals surface area contributed by atoms with Crippen molar-refractivity contribution in [3.8, 4) is 0 Å². The highest BCUT2D eigenvalue weighted by Crippen LogP contribution is 2.08. The second-order valence-electron chi connectivity index (χ2n) is 4.75. The van der Waals surface area contributed by atoms with Gasteiger partial charge in [0, 0.05) is 19.6 Å². The summed E-state index contributed by atoms with van der Waals surface area (Å²) in [7, 11) is -3.23. The molecule has 0 unspecified atom stereocenters. The molecule has 1 aromatic heterocycles. The van der Waals surface area contributed by atoms with Gasteiger partial charge in [-0.25, -0.2) is 12.7 Å². The first-order valence-electron chi connectivity index (χ1n) is 6.07. The zero-order valence-corrected chi connectivity index (χ0v) is 13.1. The molecule has 1 heterocycles. The summed E-state index contributed by atoms with van der Waals surface area (Å²) in [6, 6.07) is 3.55. The van der Waals surface area contributed by atoms with E-state index in [9.17, 15) is 13.2 Å². The Morgan fingerprint density at radius 1 is 1.47 bits per heavy atom. The Bertz CT molecular complexity index is 495. The van der Waals surface area contributed by atoms with Gasteiger partial charge in [-0.3, -0.25) is 4.79 Å². The molecule has 0 saturated heterocycles. The van der Waals surface area contributed by atoms with E-state index in [1.54, 1.807) is 12.1 Å². The van der Waals surface area contributed by atoms with E-state index in [-0.39, 0.29) is 11.8 Å².